The molecule has 1 saturated heterocycles. The molecule has 0 saturated carbocycles. The summed E-state index contributed by atoms with van der Waals surface area (Å²) in [5.74, 6) is 0. The zero-order chi connectivity index (χ0) is 11.5. The van der Waals surface area contributed by atoms with Crippen LogP contribution in [0.25, 0.3) is 0 Å². The molecule has 1 aliphatic heterocycles. The summed E-state index contributed by atoms with van der Waals surface area (Å²) < 4.78 is 5.98. The molecule has 1 aromatic rings. The van der Waals surface area contributed by atoms with Gasteiger partial charge in [-0.2, -0.15) is 0 Å². The van der Waals surface area contributed by atoms with Crippen molar-refractivity contribution < 1.29 is 4.74 Å². The van der Waals surface area contributed by atoms with Gasteiger partial charge in [0.2, 0.25) is 0 Å². The summed E-state index contributed by atoms with van der Waals surface area (Å²) in [6.07, 6.45) is 3.15. The number of rotatable bonds is 4. The van der Waals surface area contributed by atoms with Gasteiger partial charge in [0, 0.05) is 9.75 Å². The predicted octanol–water partition coefficient (Wildman–Crippen LogP) is 3.27. The van der Waals surface area contributed by atoms with Gasteiger partial charge in [-0.05, 0) is 45.4 Å². The maximum Gasteiger partial charge on any atom is 0.0782 e. The second kappa shape index (κ2) is 5.30. The number of likely N-dealkylation sites (N-methyl/N-ethyl adjacent to an activating group) is 1. The number of hydrogen-bond donors (Lipinski definition) is 1. The Morgan fingerprint density at radius 2 is 2.31 bits per heavy atom. The average molecular weight is 239 g/mol. The second-order valence-corrected chi connectivity index (χ2v) is 5.87. The van der Waals surface area contributed by atoms with Crippen molar-refractivity contribution in [1.82, 2.24) is 5.32 Å². The van der Waals surface area contributed by atoms with Crippen LogP contribution in [0.15, 0.2) is 12.1 Å². The maximum atomic E-state index is 5.98. The Morgan fingerprint density at radius 3 is 2.81 bits per heavy atom. The zero-order valence-corrected chi connectivity index (χ0v) is 11.1. The van der Waals surface area contributed by atoms with Crippen LogP contribution in [0.5, 0.6) is 0 Å². The monoisotopic (exact) mass is 239 g/mol. The fourth-order valence-electron chi connectivity index (χ4n) is 2.33. The Morgan fingerprint density at radius 1 is 1.50 bits per heavy atom. The first kappa shape index (κ1) is 12.1. The lowest BCUT2D eigenvalue weighted by atomic mass is 10.1. The van der Waals surface area contributed by atoms with Crippen molar-refractivity contribution >= 4 is 11.3 Å². The molecule has 0 amide bonds. The van der Waals surface area contributed by atoms with Gasteiger partial charge in [-0.15, -0.1) is 11.3 Å². The molecule has 3 atom stereocenters. The minimum Gasteiger partial charge on any atom is -0.373 e. The quantitative estimate of drug-likeness (QED) is 0.870. The normalized spacial score (nSPS) is 27.2. The average Bonchev–Trinajstić information content (AvgIpc) is 2.84. The smallest absolute Gasteiger partial charge is 0.0782 e. The molecule has 1 N–H and O–H groups in total. The lowest BCUT2D eigenvalue weighted by molar-refractivity contribution is 0.0327. The zero-order valence-electron chi connectivity index (χ0n) is 10.3. The van der Waals surface area contributed by atoms with Crippen molar-refractivity contribution in [3.05, 3.63) is 21.9 Å². The summed E-state index contributed by atoms with van der Waals surface area (Å²) in [6, 6.07) is 4.82. The van der Waals surface area contributed by atoms with Gasteiger partial charge < -0.3 is 10.1 Å². The number of aryl methyl sites for hydroxylation is 1. The molecule has 0 aromatic carbocycles. The third-order valence-corrected chi connectivity index (χ3v) is 4.21. The minimum absolute atomic E-state index is 0.355. The summed E-state index contributed by atoms with van der Waals surface area (Å²) in [7, 11) is 0. The number of nitrogens with one attached hydrogen (secondary N) is 1. The van der Waals surface area contributed by atoms with E-state index in [0.717, 1.165) is 6.54 Å². The molecule has 0 radical (unpaired) electrons. The van der Waals surface area contributed by atoms with E-state index < -0.39 is 0 Å². The Hall–Kier alpha value is -0.380. The van der Waals surface area contributed by atoms with Gasteiger partial charge in [-0.1, -0.05) is 6.92 Å². The molecule has 3 unspecified atom stereocenters. The molecule has 2 heterocycles. The number of hydrogen-bond acceptors (Lipinski definition) is 3. The van der Waals surface area contributed by atoms with Crippen LogP contribution in [-0.2, 0) is 4.74 Å². The molecular formula is C13H21NOS. The van der Waals surface area contributed by atoms with Crippen molar-refractivity contribution in [2.24, 2.45) is 0 Å². The molecular weight excluding hydrogens is 218 g/mol. The van der Waals surface area contributed by atoms with E-state index in [0.29, 0.717) is 18.2 Å². The largest absolute Gasteiger partial charge is 0.373 e. The van der Waals surface area contributed by atoms with E-state index in [1.54, 1.807) is 0 Å². The van der Waals surface area contributed by atoms with Crippen LogP contribution in [0.2, 0.25) is 0 Å². The Kier molecular flexibility index (Phi) is 4.00. The van der Waals surface area contributed by atoms with Crippen LogP contribution in [0.4, 0.5) is 0 Å². The number of ether oxygens (including phenoxy) is 1. The second-order valence-electron chi connectivity index (χ2n) is 4.55. The minimum atomic E-state index is 0.355. The van der Waals surface area contributed by atoms with E-state index in [2.05, 4.69) is 38.2 Å². The van der Waals surface area contributed by atoms with E-state index in [4.69, 9.17) is 4.74 Å². The van der Waals surface area contributed by atoms with Gasteiger partial charge in [0.25, 0.3) is 0 Å². The van der Waals surface area contributed by atoms with Crippen LogP contribution in [-0.4, -0.2) is 18.8 Å². The Bertz CT molecular complexity index is 336. The van der Waals surface area contributed by atoms with Crippen molar-refractivity contribution in [1.29, 1.82) is 0 Å². The van der Waals surface area contributed by atoms with Crippen LogP contribution in [0.3, 0.4) is 0 Å². The van der Waals surface area contributed by atoms with Gasteiger partial charge >= 0.3 is 0 Å². The predicted molar refractivity (Wildman–Crippen MR) is 69.0 cm³/mol. The van der Waals surface area contributed by atoms with E-state index in [1.807, 2.05) is 11.3 Å². The SMILES string of the molecule is CCNC(c1ccc(C)s1)C1CCC(C)O1. The number of thiophene rings is 1. The highest BCUT2D eigenvalue weighted by Crippen LogP contribution is 2.33. The first-order valence-electron chi connectivity index (χ1n) is 6.16. The molecule has 1 aromatic heterocycles. The lowest BCUT2D eigenvalue weighted by Crippen LogP contribution is -2.31. The molecule has 90 valence electrons. The summed E-state index contributed by atoms with van der Waals surface area (Å²) >= 11 is 1.88. The Balaban J connectivity index is 2.10. The highest BCUT2D eigenvalue weighted by molar-refractivity contribution is 7.12. The highest BCUT2D eigenvalue weighted by Gasteiger charge is 2.30. The summed E-state index contributed by atoms with van der Waals surface area (Å²) in [6.45, 7) is 7.49. The summed E-state index contributed by atoms with van der Waals surface area (Å²) in [5, 5.41) is 3.56. The molecule has 2 rings (SSSR count). The van der Waals surface area contributed by atoms with Crippen LogP contribution in [0, 0.1) is 6.92 Å². The van der Waals surface area contributed by atoms with Crippen molar-refractivity contribution in [3.8, 4) is 0 Å². The van der Waals surface area contributed by atoms with E-state index in [1.165, 1.54) is 22.6 Å². The van der Waals surface area contributed by atoms with E-state index in [-0.39, 0.29) is 0 Å². The fraction of sp³-hybridized carbons (Fsp3) is 0.692. The molecule has 0 spiro atoms. The van der Waals surface area contributed by atoms with Crippen LogP contribution in [0.1, 0.15) is 42.5 Å². The van der Waals surface area contributed by atoms with Gasteiger partial charge in [0.05, 0.1) is 18.2 Å². The third kappa shape index (κ3) is 2.65. The fourth-order valence-corrected chi connectivity index (χ4v) is 3.34. The van der Waals surface area contributed by atoms with Crippen LogP contribution < -0.4 is 5.32 Å². The molecule has 1 fully saturated rings. The van der Waals surface area contributed by atoms with Gasteiger partial charge in [-0.3, -0.25) is 0 Å². The highest BCUT2D eigenvalue weighted by atomic mass is 32.1. The lowest BCUT2D eigenvalue weighted by Gasteiger charge is -2.23. The Labute approximate surface area is 102 Å². The molecule has 3 heteroatoms. The van der Waals surface area contributed by atoms with Crippen LogP contribution >= 0.6 is 11.3 Å². The summed E-state index contributed by atoms with van der Waals surface area (Å²) in [5.41, 5.74) is 0. The van der Waals surface area contributed by atoms with Gasteiger partial charge in [-0.25, -0.2) is 0 Å². The van der Waals surface area contributed by atoms with Crippen molar-refractivity contribution in [2.45, 2.75) is 51.9 Å². The molecule has 1 aliphatic rings. The standard InChI is InChI=1S/C13H21NOS/c1-4-14-13(11-7-5-9(2)15-11)12-8-6-10(3)16-12/h6,8-9,11,13-14H,4-5,7H2,1-3H3. The molecule has 2 nitrogen and oxygen atoms in total. The molecule has 16 heavy (non-hydrogen) atoms. The molecule has 0 aliphatic carbocycles. The summed E-state index contributed by atoms with van der Waals surface area (Å²) in [4.78, 5) is 2.79. The van der Waals surface area contributed by atoms with Gasteiger partial charge in [0.1, 0.15) is 0 Å². The topological polar surface area (TPSA) is 21.3 Å². The maximum absolute atomic E-state index is 5.98. The van der Waals surface area contributed by atoms with E-state index >= 15 is 0 Å². The van der Waals surface area contributed by atoms with E-state index in [9.17, 15) is 0 Å². The first-order valence-corrected chi connectivity index (χ1v) is 6.97. The third-order valence-electron chi connectivity index (χ3n) is 3.13. The van der Waals surface area contributed by atoms with Crippen molar-refractivity contribution in [2.75, 3.05) is 6.54 Å². The van der Waals surface area contributed by atoms with Gasteiger partial charge in [0.15, 0.2) is 0 Å². The van der Waals surface area contributed by atoms with Crippen molar-refractivity contribution in [3.63, 3.8) is 0 Å². The molecule has 0 bridgehead atoms. The first-order chi connectivity index (χ1) is 7.70.